The van der Waals surface area contributed by atoms with Crippen molar-refractivity contribution in [3.8, 4) is 0 Å². The van der Waals surface area contributed by atoms with Gasteiger partial charge >= 0.3 is 11.4 Å². The zero-order chi connectivity index (χ0) is 11.3. The van der Waals surface area contributed by atoms with Gasteiger partial charge < -0.3 is 0 Å². The molecule has 0 bridgehead atoms. The molecule has 0 rings (SSSR count). The summed E-state index contributed by atoms with van der Waals surface area (Å²) in [6, 6.07) is 0. The average Bonchev–Trinajstić information content (AvgIpc) is 2.03. The SMILES string of the molecule is CC(C)C(C)OS(=O)OC(C)C(C)C. The van der Waals surface area contributed by atoms with Gasteiger partial charge in [0, 0.05) is 0 Å². The van der Waals surface area contributed by atoms with E-state index in [0.717, 1.165) is 0 Å². The third-order valence-corrected chi connectivity index (χ3v) is 3.26. The van der Waals surface area contributed by atoms with Crippen molar-refractivity contribution in [1.29, 1.82) is 0 Å². The Morgan fingerprint density at radius 2 is 1.07 bits per heavy atom. The lowest BCUT2D eigenvalue weighted by molar-refractivity contribution is 0.119. The number of hydrogen-bond donors (Lipinski definition) is 0. The van der Waals surface area contributed by atoms with E-state index in [1.54, 1.807) is 0 Å². The molecular weight excluding hydrogens is 200 g/mol. The summed E-state index contributed by atoms with van der Waals surface area (Å²) in [5.74, 6) is 0.689. The molecule has 3 nitrogen and oxygen atoms in total. The van der Waals surface area contributed by atoms with E-state index in [4.69, 9.17) is 8.37 Å². The monoisotopic (exact) mass is 222 g/mol. The maximum absolute atomic E-state index is 11.3. The lowest BCUT2D eigenvalue weighted by Gasteiger charge is -2.18. The Morgan fingerprint density at radius 1 is 0.786 bits per heavy atom. The lowest BCUT2D eigenvalue weighted by Crippen LogP contribution is -2.23. The molecule has 0 saturated carbocycles. The summed E-state index contributed by atoms with van der Waals surface area (Å²) in [6.07, 6.45) is -0.0922. The molecule has 0 fully saturated rings. The molecule has 0 aliphatic carbocycles. The quantitative estimate of drug-likeness (QED) is 0.693. The summed E-state index contributed by atoms with van der Waals surface area (Å²) in [5, 5.41) is 0. The Bertz CT molecular complexity index is 162. The van der Waals surface area contributed by atoms with E-state index in [9.17, 15) is 4.21 Å². The second kappa shape index (κ2) is 6.53. The third kappa shape index (κ3) is 5.73. The van der Waals surface area contributed by atoms with E-state index in [0.29, 0.717) is 11.8 Å². The lowest BCUT2D eigenvalue weighted by atomic mass is 10.1. The van der Waals surface area contributed by atoms with Gasteiger partial charge in [-0.2, -0.15) is 4.21 Å². The molecule has 14 heavy (non-hydrogen) atoms. The van der Waals surface area contributed by atoms with E-state index >= 15 is 0 Å². The highest BCUT2D eigenvalue weighted by molar-refractivity contribution is 7.75. The Kier molecular flexibility index (Phi) is 6.57. The van der Waals surface area contributed by atoms with Gasteiger partial charge in [0.1, 0.15) is 0 Å². The summed E-state index contributed by atoms with van der Waals surface area (Å²) in [6.45, 7) is 11.9. The predicted molar refractivity (Wildman–Crippen MR) is 58.9 cm³/mol. The van der Waals surface area contributed by atoms with E-state index in [1.807, 2.05) is 41.5 Å². The van der Waals surface area contributed by atoms with Gasteiger partial charge in [-0.3, -0.25) is 8.37 Å². The second-order valence-corrected chi connectivity index (χ2v) is 5.09. The molecule has 0 heterocycles. The van der Waals surface area contributed by atoms with Crippen molar-refractivity contribution in [2.24, 2.45) is 11.8 Å². The highest BCUT2D eigenvalue weighted by Crippen LogP contribution is 2.12. The Morgan fingerprint density at radius 3 is 1.29 bits per heavy atom. The molecule has 0 aromatic carbocycles. The summed E-state index contributed by atoms with van der Waals surface area (Å²) >= 11 is -1.62. The highest BCUT2D eigenvalue weighted by Gasteiger charge is 2.16. The molecule has 0 spiro atoms. The van der Waals surface area contributed by atoms with E-state index in [2.05, 4.69) is 0 Å². The molecular formula is C10H22O3S. The van der Waals surface area contributed by atoms with Crippen LogP contribution in [-0.2, 0) is 19.7 Å². The van der Waals surface area contributed by atoms with E-state index < -0.39 is 11.4 Å². The predicted octanol–water partition coefficient (Wildman–Crippen LogP) is 2.69. The van der Waals surface area contributed by atoms with Gasteiger partial charge in [-0.05, 0) is 25.7 Å². The molecule has 0 aromatic rings. The van der Waals surface area contributed by atoms with Gasteiger partial charge in [-0.1, -0.05) is 27.7 Å². The zero-order valence-corrected chi connectivity index (χ0v) is 10.8. The first kappa shape index (κ1) is 14.1. The van der Waals surface area contributed by atoms with Crippen molar-refractivity contribution in [1.82, 2.24) is 0 Å². The molecule has 0 N–H and O–H groups in total. The third-order valence-electron chi connectivity index (χ3n) is 2.34. The van der Waals surface area contributed by atoms with Gasteiger partial charge in [0.05, 0.1) is 12.2 Å². The fraction of sp³-hybridized carbons (Fsp3) is 1.00. The molecule has 0 radical (unpaired) electrons. The van der Waals surface area contributed by atoms with Crippen molar-refractivity contribution in [3.05, 3.63) is 0 Å². The van der Waals surface area contributed by atoms with Crippen LogP contribution >= 0.6 is 0 Å². The Labute approximate surface area is 90.0 Å². The van der Waals surface area contributed by atoms with E-state index in [-0.39, 0.29) is 12.2 Å². The minimum Gasteiger partial charge on any atom is -0.265 e. The van der Waals surface area contributed by atoms with Crippen LogP contribution < -0.4 is 0 Å². The van der Waals surface area contributed by atoms with Crippen LogP contribution in [0.2, 0.25) is 0 Å². The van der Waals surface area contributed by atoms with Crippen LogP contribution in [0.15, 0.2) is 0 Å². The summed E-state index contributed by atoms with van der Waals surface area (Å²) in [4.78, 5) is 0. The molecule has 0 aliphatic heterocycles. The van der Waals surface area contributed by atoms with Crippen LogP contribution in [0.1, 0.15) is 41.5 Å². The first-order valence-corrected chi connectivity index (χ1v) is 6.10. The fourth-order valence-corrected chi connectivity index (χ4v) is 1.48. The molecule has 0 saturated heterocycles. The minimum absolute atomic E-state index is 0.0461. The molecule has 2 atom stereocenters. The summed E-state index contributed by atoms with van der Waals surface area (Å²) < 4.78 is 21.7. The molecule has 0 aromatic heterocycles. The standard InChI is InChI=1S/C10H22O3S/c1-7(2)9(5)12-14(11)13-10(6)8(3)4/h7-10H,1-6H3. The van der Waals surface area contributed by atoms with Crippen LogP contribution in [0.25, 0.3) is 0 Å². The molecule has 4 heteroatoms. The van der Waals surface area contributed by atoms with Crippen LogP contribution in [0.5, 0.6) is 0 Å². The Hall–Kier alpha value is 0.0700. The molecule has 2 unspecified atom stereocenters. The zero-order valence-electron chi connectivity index (χ0n) is 9.94. The topological polar surface area (TPSA) is 35.5 Å². The van der Waals surface area contributed by atoms with Gasteiger partial charge in [-0.25, -0.2) is 0 Å². The number of rotatable bonds is 6. The van der Waals surface area contributed by atoms with Crippen molar-refractivity contribution in [2.45, 2.75) is 53.8 Å². The van der Waals surface area contributed by atoms with Crippen LogP contribution in [0.3, 0.4) is 0 Å². The molecule has 86 valence electrons. The number of hydrogen-bond acceptors (Lipinski definition) is 3. The first-order chi connectivity index (χ1) is 6.34. The van der Waals surface area contributed by atoms with Gasteiger partial charge in [0.15, 0.2) is 0 Å². The van der Waals surface area contributed by atoms with Gasteiger partial charge in [0.25, 0.3) is 0 Å². The molecule has 0 aliphatic rings. The Balaban J connectivity index is 3.87. The van der Waals surface area contributed by atoms with Crippen molar-refractivity contribution in [3.63, 3.8) is 0 Å². The fourth-order valence-electron chi connectivity index (χ4n) is 0.493. The van der Waals surface area contributed by atoms with Crippen LogP contribution in [0.4, 0.5) is 0 Å². The molecule has 0 amide bonds. The van der Waals surface area contributed by atoms with Crippen molar-refractivity contribution < 1.29 is 12.6 Å². The summed E-state index contributed by atoms with van der Waals surface area (Å²) in [5.41, 5.74) is 0. The van der Waals surface area contributed by atoms with Crippen LogP contribution in [0, 0.1) is 11.8 Å². The highest BCUT2D eigenvalue weighted by atomic mass is 32.2. The second-order valence-electron chi connectivity index (χ2n) is 4.29. The minimum atomic E-state index is -1.62. The van der Waals surface area contributed by atoms with Crippen molar-refractivity contribution in [2.75, 3.05) is 0 Å². The maximum Gasteiger partial charge on any atom is 0.305 e. The first-order valence-electron chi connectivity index (χ1n) is 5.10. The van der Waals surface area contributed by atoms with Gasteiger partial charge in [0.2, 0.25) is 0 Å². The van der Waals surface area contributed by atoms with Crippen LogP contribution in [-0.4, -0.2) is 16.4 Å². The maximum atomic E-state index is 11.3. The largest absolute Gasteiger partial charge is 0.305 e. The van der Waals surface area contributed by atoms with Crippen molar-refractivity contribution >= 4 is 11.4 Å². The smallest absolute Gasteiger partial charge is 0.265 e. The summed E-state index contributed by atoms with van der Waals surface area (Å²) in [7, 11) is 0. The van der Waals surface area contributed by atoms with Gasteiger partial charge in [-0.15, -0.1) is 0 Å². The average molecular weight is 222 g/mol. The van der Waals surface area contributed by atoms with E-state index in [1.165, 1.54) is 0 Å². The normalized spacial score (nSPS) is 18.6.